The third-order valence-electron chi connectivity index (χ3n) is 2.92. The molecule has 126 valence electrons. The van der Waals surface area contributed by atoms with E-state index < -0.39 is 18.5 Å². The third kappa shape index (κ3) is 5.56. The second kappa shape index (κ2) is 8.58. The van der Waals surface area contributed by atoms with Gasteiger partial charge in [-0.1, -0.05) is 52.5 Å². The van der Waals surface area contributed by atoms with E-state index >= 15 is 0 Å². The molecule has 0 aliphatic carbocycles. The quantitative estimate of drug-likeness (QED) is 0.708. The van der Waals surface area contributed by atoms with Crippen molar-refractivity contribution in [2.45, 2.75) is 6.42 Å². The van der Waals surface area contributed by atoms with Gasteiger partial charge in [-0.2, -0.15) is 0 Å². The van der Waals surface area contributed by atoms with Gasteiger partial charge >= 0.3 is 5.97 Å². The highest BCUT2D eigenvalue weighted by Gasteiger charge is 2.12. The molecule has 0 radical (unpaired) electrons. The number of carbonyl (C=O) groups excluding carboxylic acids is 2. The van der Waals surface area contributed by atoms with E-state index in [1.165, 1.54) is 12.1 Å². The molecule has 0 bridgehead atoms. The number of nitrogens with one attached hydrogen (secondary N) is 1. The van der Waals surface area contributed by atoms with Crippen molar-refractivity contribution in [1.29, 1.82) is 0 Å². The van der Waals surface area contributed by atoms with Crippen molar-refractivity contribution in [3.8, 4) is 0 Å². The van der Waals surface area contributed by atoms with Gasteiger partial charge in [0, 0.05) is 15.1 Å². The van der Waals surface area contributed by atoms with E-state index in [2.05, 4.69) is 5.32 Å². The van der Waals surface area contributed by atoms with Gasteiger partial charge in [0.2, 0.25) is 0 Å². The number of halogens is 4. The molecule has 0 aliphatic heterocycles. The fraction of sp³-hybridized carbons (Fsp3) is 0.125. The summed E-state index contributed by atoms with van der Waals surface area (Å²) in [6.07, 6.45) is -0.0645. The van der Waals surface area contributed by atoms with E-state index in [1.807, 2.05) is 0 Å². The number of amides is 1. The third-order valence-corrected chi connectivity index (χ3v) is 4.05. The summed E-state index contributed by atoms with van der Waals surface area (Å²) in [5.41, 5.74) is 0.940. The molecule has 0 saturated heterocycles. The van der Waals surface area contributed by atoms with Gasteiger partial charge in [-0.3, -0.25) is 9.59 Å². The van der Waals surface area contributed by atoms with Gasteiger partial charge in [0.05, 0.1) is 17.1 Å². The van der Waals surface area contributed by atoms with Crippen molar-refractivity contribution in [3.05, 3.63) is 62.1 Å². The van der Waals surface area contributed by atoms with E-state index in [4.69, 9.17) is 51.1 Å². The lowest BCUT2D eigenvalue weighted by molar-refractivity contribution is -0.146. The van der Waals surface area contributed by atoms with Gasteiger partial charge in [0.25, 0.3) is 5.91 Å². The average Bonchev–Trinajstić information content (AvgIpc) is 2.51. The summed E-state index contributed by atoms with van der Waals surface area (Å²) in [5.74, 6) is -1.11. The number of anilines is 1. The predicted octanol–water partition coefficient (Wildman–Crippen LogP) is 5.02. The van der Waals surface area contributed by atoms with E-state index in [-0.39, 0.29) is 11.4 Å². The van der Waals surface area contributed by atoms with Crippen LogP contribution in [0.3, 0.4) is 0 Å². The van der Waals surface area contributed by atoms with Crippen LogP contribution in [0, 0.1) is 0 Å². The molecule has 0 atom stereocenters. The van der Waals surface area contributed by atoms with E-state index in [0.717, 1.165) is 0 Å². The number of carbonyl (C=O) groups is 2. The van der Waals surface area contributed by atoms with Crippen LogP contribution in [-0.4, -0.2) is 18.5 Å². The Kier molecular flexibility index (Phi) is 6.75. The highest BCUT2D eigenvalue weighted by molar-refractivity contribution is 6.36. The van der Waals surface area contributed by atoms with Gasteiger partial charge in [0.1, 0.15) is 0 Å². The Morgan fingerprint density at radius 1 is 0.917 bits per heavy atom. The minimum absolute atomic E-state index is 0.0645. The molecule has 1 N–H and O–H groups in total. The maximum absolute atomic E-state index is 11.8. The molecule has 4 nitrogen and oxygen atoms in total. The van der Waals surface area contributed by atoms with Gasteiger partial charge in [-0.15, -0.1) is 0 Å². The molecular weight excluding hydrogens is 396 g/mol. The molecular formula is C16H11Cl4NO3. The van der Waals surface area contributed by atoms with Crippen molar-refractivity contribution in [2.75, 3.05) is 11.9 Å². The standard InChI is InChI=1S/C16H11Cl4NO3/c17-10-2-1-9(12(19)6-10)5-16(23)24-8-15(22)21-14-4-3-11(18)7-13(14)20/h1-4,6-7H,5,8H2,(H,21,22). The zero-order chi connectivity index (χ0) is 17.7. The van der Waals surface area contributed by atoms with Gasteiger partial charge in [-0.05, 0) is 35.9 Å². The number of rotatable bonds is 5. The van der Waals surface area contributed by atoms with Crippen molar-refractivity contribution in [2.24, 2.45) is 0 Å². The van der Waals surface area contributed by atoms with Gasteiger partial charge in [-0.25, -0.2) is 0 Å². The van der Waals surface area contributed by atoms with E-state index in [1.54, 1.807) is 24.3 Å². The molecule has 0 fully saturated rings. The predicted molar refractivity (Wildman–Crippen MR) is 96.2 cm³/mol. The second-order valence-corrected chi connectivity index (χ2v) is 6.43. The Balaban J connectivity index is 1.85. The molecule has 2 aromatic rings. The van der Waals surface area contributed by atoms with Crippen molar-refractivity contribution in [1.82, 2.24) is 0 Å². The highest BCUT2D eigenvalue weighted by atomic mass is 35.5. The first-order valence-electron chi connectivity index (χ1n) is 6.69. The molecule has 24 heavy (non-hydrogen) atoms. The lowest BCUT2D eigenvalue weighted by Crippen LogP contribution is -2.21. The molecule has 0 aromatic heterocycles. The van der Waals surface area contributed by atoms with Crippen LogP contribution in [-0.2, 0) is 20.7 Å². The highest BCUT2D eigenvalue weighted by Crippen LogP contribution is 2.25. The molecule has 1 amide bonds. The summed E-state index contributed by atoms with van der Waals surface area (Å²) in [7, 11) is 0. The van der Waals surface area contributed by atoms with Crippen LogP contribution in [0.2, 0.25) is 20.1 Å². The Labute approximate surface area is 158 Å². The largest absolute Gasteiger partial charge is 0.455 e. The minimum atomic E-state index is -0.587. The first kappa shape index (κ1) is 18.9. The zero-order valence-electron chi connectivity index (χ0n) is 12.1. The maximum atomic E-state index is 11.8. The van der Waals surface area contributed by atoms with E-state index in [9.17, 15) is 9.59 Å². The van der Waals surface area contributed by atoms with Crippen LogP contribution in [0.5, 0.6) is 0 Å². The first-order valence-corrected chi connectivity index (χ1v) is 8.21. The Morgan fingerprint density at radius 3 is 2.17 bits per heavy atom. The van der Waals surface area contributed by atoms with Crippen LogP contribution in [0.15, 0.2) is 36.4 Å². The molecule has 0 saturated carbocycles. The fourth-order valence-corrected chi connectivity index (χ4v) is 2.73. The first-order chi connectivity index (χ1) is 11.3. The Hall–Kier alpha value is -1.46. The summed E-state index contributed by atoms with van der Waals surface area (Å²) >= 11 is 23.5. The molecule has 2 aromatic carbocycles. The smallest absolute Gasteiger partial charge is 0.310 e. The van der Waals surface area contributed by atoms with Crippen LogP contribution in [0.1, 0.15) is 5.56 Å². The normalized spacial score (nSPS) is 10.3. The molecule has 0 spiro atoms. The number of hydrogen-bond donors (Lipinski definition) is 1. The lowest BCUT2D eigenvalue weighted by Gasteiger charge is -2.09. The average molecular weight is 407 g/mol. The number of hydrogen-bond acceptors (Lipinski definition) is 3. The minimum Gasteiger partial charge on any atom is -0.455 e. The van der Waals surface area contributed by atoms with Crippen LogP contribution in [0.25, 0.3) is 0 Å². The van der Waals surface area contributed by atoms with Crippen molar-refractivity contribution in [3.63, 3.8) is 0 Å². The fourth-order valence-electron chi connectivity index (χ4n) is 1.79. The Morgan fingerprint density at radius 2 is 1.54 bits per heavy atom. The summed E-state index contributed by atoms with van der Waals surface area (Å²) < 4.78 is 4.92. The topological polar surface area (TPSA) is 55.4 Å². The monoisotopic (exact) mass is 405 g/mol. The molecule has 0 heterocycles. The van der Waals surface area contributed by atoms with Crippen LogP contribution < -0.4 is 5.32 Å². The summed E-state index contributed by atoms with van der Waals surface area (Å²) in [4.78, 5) is 23.6. The summed E-state index contributed by atoms with van der Waals surface area (Å²) in [6, 6.07) is 9.40. The molecule has 2 rings (SSSR count). The zero-order valence-corrected chi connectivity index (χ0v) is 15.1. The van der Waals surface area contributed by atoms with Gasteiger partial charge in [0.15, 0.2) is 6.61 Å². The van der Waals surface area contributed by atoms with Gasteiger partial charge < -0.3 is 10.1 Å². The van der Waals surface area contributed by atoms with Crippen molar-refractivity contribution >= 4 is 64.0 Å². The molecule has 0 aliphatic rings. The summed E-state index contributed by atoms with van der Waals surface area (Å²) in [6.45, 7) is -0.441. The molecule has 8 heteroatoms. The van der Waals surface area contributed by atoms with E-state index in [0.29, 0.717) is 26.3 Å². The Bertz CT molecular complexity index is 714. The van der Waals surface area contributed by atoms with Crippen LogP contribution >= 0.6 is 46.4 Å². The number of esters is 1. The second-order valence-electron chi connectivity index (χ2n) is 4.75. The summed E-state index contributed by atoms with van der Waals surface area (Å²) in [5, 5.41) is 4.09. The molecule has 0 unspecified atom stereocenters. The lowest BCUT2D eigenvalue weighted by atomic mass is 10.1. The number of ether oxygens (including phenoxy) is 1. The van der Waals surface area contributed by atoms with Crippen LogP contribution in [0.4, 0.5) is 5.69 Å². The number of benzene rings is 2. The maximum Gasteiger partial charge on any atom is 0.310 e. The SMILES string of the molecule is O=C(COC(=O)Cc1ccc(Cl)cc1Cl)Nc1ccc(Cl)cc1Cl. The van der Waals surface area contributed by atoms with Crippen molar-refractivity contribution < 1.29 is 14.3 Å².